The number of carbonyl (C=O) groups excluding carboxylic acids is 1. The largest absolute Gasteiger partial charge is 0.507 e. The van der Waals surface area contributed by atoms with Gasteiger partial charge in [0, 0.05) is 12.5 Å². The lowest BCUT2D eigenvalue weighted by atomic mass is 9.76. The molecule has 0 bridgehead atoms. The second-order valence-electron chi connectivity index (χ2n) is 7.32. The number of sulfonamides is 1. The fraction of sp³-hybridized carbons (Fsp3) is 0.174. The molecule has 0 aromatic heterocycles. The van der Waals surface area contributed by atoms with E-state index in [1.165, 1.54) is 13.0 Å². The Morgan fingerprint density at radius 3 is 2.03 bits per heavy atom. The molecule has 1 amide bonds. The Morgan fingerprint density at radius 2 is 1.45 bits per heavy atom. The monoisotopic (exact) mass is 407 g/mol. The first kappa shape index (κ1) is 19.2. The topological polar surface area (TPSA) is 74.7 Å². The molecular formula is C23H21NO4S. The molecule has 1 unspecified atom stereocenters. The van der Waals surface area contributed by atoms with Crippen molar-refractivity contribution in [2.45, 2.75) is 31.2 Å². The van der Waals surface area contributed by atoms with Gasteiger partial charge in [-0.1, -0.05) is 48.5 Å². The Bertz CT molecular complexity index is 1210. The van der Waals surface area contributed by atoms with Gasteiger partial charge in [0.1, 0.15) is 11.3 Å². The molecule has 1 N–H and O–H groups in total. The maximum absolute atomic E-state index is 13.5. The Morgan fingerprint density at radius 1 is 0.897 bits per heavy atom. The Labute approximate surface area is 170 Å². The molecule has 1 heterocycles. The first-order chi connectivity index (χ1) is 13.7. The molecule has 148 valence electrons. The van der Waals surface area contributed by atoms with Crippen molar-refractivity contribution in [3.63, 3.8) is 0 Å². The second kappa shape index (κ2) is 6.46. The van der Waals surface area contributed by atoms with Crippen LogP contribution >= 0.6 is 0 Å². The van der Waals surface area contributed by atoms with Crippen molar-refractivity contribution in [2.24, 2.45) is 0 Å². The Kier molecular flexibility index (Phi) is 4.28. The van der Waals surface area contributed by atoms with E-state index in [4.69, 9.17) is 0 Å². The van der Waals surface area contributed by atoms with E-state index in [9.17, 15) is 18.3 Å². The van der Waals surface area contributed by atoms with Crippen LogP contribution in [0.2, 0.25) is 0 Å². The number of hydrogen-bond acceptors (Lipinski definition) is 4. The van der Waals surface area contributed by atoms with Gasteiger partial charge in [-0.2, -0.15) is 0 Å². The van der Waals surface area contributed by atoms with Gasteiger partial charge in [0.25, 0.3) is 10.0 Å². The number of aromatic hydroxyl groups is 1. The highest BCUT2D eigenvalue weighted by atomic mass is 32.2. The summed E-state index contributed by atoms with van der Waals surface area (Å²) in [5.74, 6) is -0.422. The van der Waals surface area contributed by atoms with Gasteiger partial charge in [0.05, 0.1) is 4.90 Å². The van der Waals surface area contributed by atoms with Crippen LogP contribution in [-0.4, -0.2) is 23.7 Å². The third-order valence-electron chi connectivity index (χ3n) is 5.49. The smallest absolute Gasteiger partial charge is 0.268 e. The van der Waals surface area contributed by atoms with E-state index in [1.54, 1.807) is 44.2 Å². The van der Waals surface area contributed by atoms with Crippen LogP contribution in [0.25, 0.3) is 0 Å². The maximum Gasteiger partial charge on any atom is 0.268 e. The summed E-state index contributed by atoms with van der Waals surface area (Å²) in [5.41, 5.74) is 1.66. The number of aryl methyl sites for hydroxylation is 2. The van der Waals surface area contributed by atoms with Gasteiger partial charge in [-0.05, 0) is 54.3 Å². The van der Waals surface area contributed by atoms with Gasteiger partial charge >= 0.3 is 0 Å². The number of amides is 1. The number of carbonyl (C=O) groups is 1. The predicted molar refractivity (Wildman–Crippen MR) is 110 cm³/mol. The van der Waals surface area contributed by atoms with Gasteiger partial charge < -0.3 is 5.11 Å². The lowest BCUT2D eigenvalue weighted by Gasteiger charge is -2.38. The molecule has 1 aliphatic heterocycles. The van der Waals surface area contributed by atoms with Crippen molar-refractivity contribution >= 4 is 15.9 Å². The predicted octanol–water partition coefficient (Wildman–Crippen LogP) is 3.85. The highest BCUT2D eigenvalue weighted by molar-refractivity contribution is 7.90. The van der Waals surface area contributed by atoms with Crippen LogP contribution in [0, 0.1) is 13.8 Å². The van der Waals surface area contributed by atoms with Crippen LogP contribution < -0.4 is 0 Å². The summed E-state index contributed by atoms with van der Waals surface area (Å²) < 4.78 is 27.9. The van der Waals surface area contributed by atoms with Crippen LogP contribution in [0.1, 0.15) is 34.7 Å². The van der Waals surface area contributed by atoms with Crippen LogP contribution in [-0.2, 0) is 20.4 Å². The molecule has 1 aliphatic rings. The van der Waals surface area contributed by atoms with Crippen molar-refractivity contribution < 1.29 is 18.3 Å². The summed E-state index contributed by atoms with van der Waals surface area (Å²) in [6, 6.07) is 19.4. The first-order valence-corrected chi connectivity index (χ1v) is 10.7. The van der Waals surface area contributed by atoms with Crippen LogP contribution in [0.4, 0.5) is 0 Å². The van der Waals surface area contributed by atoms with Crippen molar-refractivity contribution in [3.8, 4) is 5.75 Å². The van der Waals surface area contributed by atoms with Crippen LogP contribution in [0.15, 0.2) is 71.6 Å². The van der Waals surface area contributed by atoms with E-state index < -0.39 is 21.5 Å². The Balaban J connectivity index is 2.24. The summed E-state index contributed by atoms with van der Waals surface area (Å²) in [5, 5.41) is 10.3. The molecule has 0 aliphatic carbocycles. The van der Waals surface area contributed by atoms with E-state index in [0.717, 1.165) is 4.31 Å². The van der Waals surface area contributed by atoms with Crippen molar-refractivity contribution in [1.29, 1.82) is 0 Å². The first-order valence-electron chi connectivity index (χ1n) is 9.24. The quantitative estimate of drug-likeness (QED) is 0.700. The zero-order chi connectivity index (χ0) is 21.0. The van der Waals surface area contributed by atoms with Crippen LogP contribution in [0.5, 0.6) is 5.75 Å². The van der Waals surface area contributed by atoms with Gasteiger partial charge in [-0.15, -0.1) is 0 Å². The zero-order valence-electron chi connectivity index (χ0n) is 16.4. The van der Waals surface area contributed by atoms with Gasteiger partial charge in [-0.3, -0.25) is 4.79 Å². The Hall–Kier alpha value is -3.12. The maximum atomic E-state index is 13.5. The lowest BCUT2D eigenvalue weighted by Crippen LogP contribution is -2.48. The van der Waals surface area contributed by atoms with Gasteiger partial charge in [-0.25, -0.2) is 12.7 Å². The molecule has 5 nitrogen and oxygen atoms in total. The summed E-state index contributed by atoms with van der Waals surface area (Å²) >= 11 is 0. The molecule has 3 aromatic rings. The van der Waals surface area contributed by atoms with Crippen molar-refractivity contribution in [3.05, 3.63) is 94.5 Å². The highest BCUT2D eigenvalue weighted by Crippen LogP contribution is 2.53. The van der Waals surface area contributed by atoms with E-state index in [1.807, 2.05) is 30.3 Å². The number of rotatable bonds is 2. The molecule has 0 spiro atoms. The molecule has 0 radical (unpaired) electrons. The molecule has 6 heteroatoms. The molecule has 0 fully saturated rings. The molecule has 4 rings (SSSR count). The number of hydrogen-bond donors (Lipinski definition) is 1. The fourth-order valence-corrected chi connectivity index (χ4v) is 6.29. The fourth-order valence-electron chi connectivity index (χ4n) is 4.34. The van der Waals surface area contributed by atoms with E-state index in [0.29, 0.717) is 27.8 Å². The number of fused-ring (bicyclic) bond motifs is 1. The molecule has 1 atom stereocenters. The number of benzene rings is 3. The lowest BCUT2D eigenvalue weighted by molar-refractivity contribution is -0.126. The zero-order valence-corrected chi connectivity index (χ0v) is 17.2. The highest BCUT2D eigenvalue weighted by Gasteiger charge is 2.57. The minimum absolute atomic E-state index is 0.113. The van der Waals surface area contributed by atoms with E-state index >= 15 is 0 Å². The van der Waals surface area contributed by atoms with E-state index in [-0.39, 0.29) is 10.6 Å². The minimum atomic E-state index is -4.06. The van der Waals surface area contributed by atoms with E-state index in [2.05, 4.69) is 0 Å². The molecular weight excluding hydrogens is 386 g/mol. The normalized spacial score (nSPS) is 19.8. The van der Waals surface area contributed by atoms with Gasteiger partial charge in [0.2, 0.25) is 5.91 Å². The standard InChI is InChI=1S/C23H21NO4S/c1-15-13-19(14-16(2)22(15)26)23(18-9-5-4-6-10-18)20-11-7-8-12-21(20)29(27,28)24(23)17(3)25/h4-14,26H,1-3H3. The molecule has 0 saturated carbocycles. The van der Waals surface area contributed by atoms with Gasteiger partial charge in [0.15, 0.2) is 0 Å². The summed E-state index contributed by atoms with van der Waals surface area (Å²) in [6.45, 7) is 4.79. The van der Waals surface area contributed by atoms with Crippen LogP contribution in [0.3, 0.4) is 0 Å². The average Bonchev–Trinajstić information content (AvgIpc) is 2.91. The summed E-state index contributed by atoms with van der Waals surface area (Å²) in [6.07, 6.45) is 0. The second-order valence-corrected chi connectivity index (χ2v) is 9.07. The minimum Gasteiger partial charge on any atom is -0.507 e. The number of phenols is 1. The third-order valence-corrected chi connectivity index (χ3v) is 7.41. The van der Waals surface area contributed by atoms with Crippen molar-refractivity contribution in [1.82, 2.24) is 4.31 Å². The molecule has 0 saturated heterocycles. The van der Waals surface area contributed by atoms with Crippen molar-refractivity contribution in [2.75, 3.05) is 0 Å². The SMILES string of the molecule is CC(=O)N1C(c2ccccc2)(c2cc(C)c(O)c(C)c2)c2ccccc2S1(=O)=O. The molecule has 29 heavy (non-hydrogen) atoms. The third kappa shape index (κ3) is 2.52. The molecule has 3 aromatic carbocycles. The number of phenolic OH excluding ortho intramolecular Hbond substituents is 1. The summed E-state index contributed by atoms with van der Waals surface area (Å²) in [4.78, 5) is 12.9. The average molecular weight is 407 g/mol. The number of nitrogens with zero attached hydrogens (tertiary/aromatic N) is 1. The summed E-state index contributed by atoms with van der Waals surface area (Å²) in [7, 11) is -4.06.